The van der Waals surface area contributed by atoms with Crippen LogP contribution in [0, 0.1) is 23.7 Å². The molecule has 2 nitrogen and oxygen atoms in total. The van der Waals surface area contributed by atoms with Crippen LogP contribution in [0.5, 0.6) is 0 Å². The Balaban J connectivity index is 1.90. The van der Waals surface area contributed by atoms with Crippen molar-refractivity contribution in [2.75, 3.05) is 26.2 Å². The number of hydrogen-bond acceptors (Lipinski definition) is 2. The van der Waals surface area contributed by atoms with Crippen molar-refractivity contribution in [3.05, 3.63) is 0 Å². The van der Waals surface area contributed by atoms with E-state index in [1.54, 1.807) is 0 Å². The average molecular weight is 323 g/mol. The second-order valence-corrected chi connectivity index (χ2v) is 10.0. The molecule has 0 aliphatic carbocycles. The molecular weight excluding hydrogens is 280 g/mol. The van der Waals surface area contributed by atoms with Crippen molar-refractivity contribution >= 4 is 0 Å². The van der Waals surface area contributed by atoms with Gasteiger partial charge in [0.2, 0.25) is 0 Å². The van der Waals surface area contributed by atoms with Crippen molar-refractivity contribution in [3.63, 3.8) is 0 Å². The third kappa shape index (κ3) is 5.46. The molecule has 0 bridgehead atoms. The number of hydrogen-bond donors (Lipinski definition) is 0. The van der Waals surface area contributed by atoms with Gasteiger partial charge in [-0.05, 0) is 83.6 Å². The molecule has 2 aliphatic rings. The van der Waals surface area contributed by atoms with Crippen LogP contribution in [-0.2, 0) is 0 Å². The van der Waals surface area contributed by atoms with Gasteiger partial charge in [-0.25, -0.2) is 0 Å². The molecule has 2 rings (SSSR count). The van der Waals surface area contributed by atoms with Crippen molar-refractivity contribution in [1.82, 2.24) is 9.80 Å². The maximum atomic E-state index is 2.80. The fraction of sp³-hybridized carbons (Fsp3) is 1.00. The molecule has 0 aromatic carbocycles. The van der Waals surface area contributed by atoms with Crippen LogP contribution in [0.25, 0.3) is 0 Å². The predicted molar refractivity (Wildman–Crippen MR) is 102 cm³/mol. The van der Waals surface area contributed by atoms with Gasteiger partial charge in [-0.2, -0.15) is 0 Å². The van der Waals surface area contributed by atoms with Gasteiger partial charge in [0.25, 0.3) is 0 Å². The van der Waals surface area contributed by atoms with Crippen LogP contribution in [-0.4, -0.2) is 47.6 Å². The van der Waals surface area contributed by atoms with Crippen molar-refractivity contribution in [2.24, 2.45) is 23.7 Å². The highest BCUT2D eigenvalue weighted by Gasteiger charge is 2.33. The topological polar surface area (TPSA) is 6.48 Å². The second kappa shape index (κ2) is 7.87. The molecule has 2 saturated heterocycles. The lowest BCUT2D eigenvalue weighted by Gasteiger charge is -2.46. The van der Waals surface area contributed by atoms with E-state index in [9.17, 15) is 0 Å². The van der Waals surface area contributed by atoms with Gasteiger partial charge >= 0.3 is 0 Å². The van der Waals surface area contributed by atoms with Gasteiger partial charge in [0.05, 0.1) is 0 Å². The number of likely N-dealkylation sites (tertiary alicyclic amines) is 2. The highest BCUT2D eigenvalue weighted by Crippen LogP contribution is 2.32. The molecule has 0 aromatic heterocycles. The first-order valence-corrected chi connectivity index (χ1v) is 10.2. The van der Waals surface area contributed by atoms with Gasteiger partial charge in [-0.15, -0.1) is 0 Å². The third-order valence-electron chi connectivity index (χ3n) is 6.42. The summed E-state index contributed by atoms with van der Waals surface area (Å²) >= 11 is 0. The number of nitrogens with zero attached hydrogens (tertiary/aromatic N) is 2. The van der Waals surface area contributed by atoms with Crippen LogP contribution in [0.4, 0.5) is 0 Å². The Morgan fingerprint density at radius 1 is 1.04 bits per heavy atom. The SMILES string of the molecule is CC(C)[C@@H]1CCCN(C(C)CC2C[C@H](C)CN(C(C)(C)C)C2)C1. The van der Waals surface area contributed by atoms with Gasteiger partial charge in [-0.1, -0.05) is 20.8 Å². The highest BCUT2D eigenvalue weighted by molar-refractivity contribution is 4.87. The van der Waals surface area contributed by atoms with E-state index in [0.29, 0.717) is 5.54 Å². The van der Waals surface area contributed by atoms with Crippen molar-refractivity contribution in [1.29, 1.82) is 0 Å². The van der Waals surface area contributed by atoms with Gasteiger partial charge in [0.15, 0.2) is 0 Å². The summed E-state index contributed by atoms with van der Waals surface area (Å²) in [4.78, 5) is 5.53. The zero-order chi connectivity index (χ0) is 17.2. The van der Waals surface area contributed by atoms with Crippen molar-refractivity contribution < 1.29 is 0 Å². The van der Waals surface area contributed by atoms with Gasteiger partial charge in [-0.3, -0.25) is 4.90 Å². The minimum absolute atomic E-state index is 0.323. The van der Waals surface area contributed by atoms with Crippen LogP contribution in [0.2, 0.25) is 0 Å². The van der Waals surface area contributed by atoms with E-state index >= 15 is 0 Å². The predicted octanol–water partition coefficient (Wildman–Crippen LogP) is 4.89. The molecule has 2 heteroatoms. The van der Waals surface area contributed by atoms with E-state index in [1.807, 2.05) is 0 Å². The van der Waals surface area contributed by atoms with E-state index < -0.39 is 0 Å². The summed E-state index contributed by atoms with van der Waals surface area (Å²) in [6.07, 6.45) is 5.67. The zero-order valence-electron chi connectivity index (χ0n) is 16.9. The zero-order valence-corrected chi connectivity index (χ0v) is 16.9. The summed E-state index contributed by atoms with van der Waals surface area (Å²) in [6, 6.07) is 0.758. The monoisotopic (exact) mass is 322 g/mol. The first kappa shape index (κ1) is 19.2. The summed E-state index contributed by atoms with van der Waals surface area (Å²) in [5.74, 6) is 3.50. The van der Waals surface area contributed by atoms with Crippen molar-refractivity contribution in [3.8, 4) is 0 Å². The summed E-state index contributed by atoms with van der Waals surface area (Å²) in [5, 5.41) is 0. The minimum Gasteiger partial charge on any atom is -0.300 e. The van der Waals surface area contributed by atoms with Crippen LogP contribution in [0.1, 0.15) is 74.1 Å². The normalized spacial score (nSPS) is 33.1. The first-order chi connectivity index (χ1) is 10.7. The molecule has 136 valence electrons. The molecule has 0 N–H and O–H groups in total. The molecule has 0 spiro atoms. The molecule has 4 atom stereocenters. The Kier molecular flexibility index (Phi) is 6.58. The van der Waals surface area contributed by atoms with Crippen LogP contribution < -0.4 is 0 Å². The van der Waals surface area contributed by atoms with E-state index in [4.69, 9.17) is 0 Å². The van der Waals surface area contributed by atoms with E-state index in [1.165, 1.54) is 51.9 Å². The van der Waals surface area contributed by atoms with Gasteiger partial charge < -0.3 is 4.90 Å². The lowest BCUT2D eigenvalue weighted by molar-refractivity contribution is 0.0315. The fourth-order valence-corrected chi connectivity index (χ4v) is 4.82. The smallest absolute Gasteiger partial charge is 0.0125 e. The van der Waals surface area contributed by atoms with Gasteiger partial charge in [0, 0.05) is 31.2 Å². The van der Waals surface area contributed by atoms with Crippen LogP contribution in [0.15, 0.2) is 0 Å². The standard InChI is InChI=1S/C21H42N2/c1-16(2)20-9-8-10-22(15-20)18(4)12-19-11-17(3)13-23(14-19)21(5,6)7/h16-20H,8-15H2,1-7H3/t17-,18?,19?,20+/m0/s1. The summed E-state index contributed by atoms with van der Waals surface area (Å²) in [7, 11) is 0. The molecule has 2 aliphatic heterocycles. The molecule has 2 heterocycles. The lowest BCUT2D eigenvalue weighted by atomic mass is 9.82. The third-order valence-corrected chi connectivity index (χ3v) is 6.42. The van der Waals surface area contributed by atoms with E-state index in [-0.39, 0.29) is 0 Å². The minimum atomic E-state index is 0.323. The summed E-state index contributed by atoms with van der Waals surface area (Å²) < 4.78 is 0. The molecule has 0 amide bonds. The van der Waals surface area contributed by atoms with E-state index in [2.05, 4.69) is 58.3 Å². The molecule has 2 unspecified atom stereocenters. The van der Waals surface area contributed by atoms with Crippen molar-refractivity contribution in [2.45, 2.75) is 85.7 Å². The highest BCUT2D eigenvalue weighted by atomic mass is 15.2. The largest absolute Gasteiger partial charge is 0.300 e. The molecule has 2 fully saturated rings. The average Bonchev–Trinajstić information content (AvgIpc) is 2.45. The first-order valence-electron chi connectivity index (χ1n) is 10.2. The number of rotatable bonds is 4. The summed E-state index contributed by atoms with van der Waals surface area (Å²) in [5.41, 5.74) is 0.323. The Bertz CT molecular complexity index is 357. The molecule has 0 radical (unpaired) electrons. The molecule has 0 aromatic rings. The second-order valence-electron chi connectivity index (χ2n) is 10.0. The maximum absolute atomic E-state index is 2.80. The lowest BCUT2D eigenvalue weighted by Crippen LogP contribution is -2.51. The quantitative estimate of drug-likeness (QED) is 0.727. The van der Waals surface area contributed by atoms with Crippen LogP contribution in [0.3, 0.4) is 0 Å². The molecule has 23 heavy (non-hydrogen) atoms. The van der Waals surface area contributed by atoms with E-state index in [0.717, 1.165) is 29.7 Å². The Labute approximate surface area is 146 Å². The Hall–Kier alpha value is -0.0800. The number of piperidine rings is 2. The van der Waals surface area contributed by atoms with Gasteiger partial charge in [0.1, 0.15) is 0 Å². The Morgan fingerprint density at radius 2 is 1.74 bits per heavy atom. The fourth-order valence-electron chi connectivity index (χ4n) is 4.82. The molecule has 0 saturated carbocycles. The summed E-state index contributed by atoms with van der Waals surface area (Å²) in [6.45, 7) is 22.1. The molecular formula is C21H42N2. The van der Waals surface area contributed by atoms with Crippen LogP contribution >= 0.6 is 0 Å². The Morgan fingerprint density at radius 3 is 2.35 bits per heavy atom. The maximum Gasteiger partial charge on any atom is 0.0125 e.